The van der Waals surface area contributed by atoms with Gasteiger partial charge in [0.1, 0.15) is 0 Å². The van der Waals surface area contributed by atoms with Crippen LogP contribution in [0.2, 0.25) is 0 Å². The lowest BCUT2D eigenvalue weighted by atomic mass is 9.95. The van der Waals surface area contributed by atoms with Gasteiger partial charge in [-0.3, -0.25) is 10.1 Å². The first-order chi connectivity index (χ1) is 7.67. The summed E-state index contributed by atoms with van der Waals surface area (Å²) in [6.07, 6.45) is 4.49. The quantitative estimate of drug-likeness (QED) is 0.806. The van der Waals surface area contributed by atoms with E-state index in [1.807, 2.05) is 6.07 Å². The fraction of sp³-hybridized carbons (Fsp3) is 0.667. The second-order valence-corrected chi connectivity index (χ2v) is 4.07. The van der Waals surface area contributed by atoms with Crippen molar-refractivity contribution < 1.29 is 9.32 Å². The molecule has 0 unspecified atom stereocenters. The number of hydrogen-bond acceptors (Lipinski definition) is 3. The fourth-order valence-electron chi connectivity index (χ4n) is 1.85. The van der Waals surface area contributed by atoms with Crippen LogP contribution in [0.3, 0.4) is 0 Å². The van der Waals surface area contributed by atoms with Crippen LogP contribution in [0, 0.1) is 0 Å². The third-order valence-corrected chi connectivity index (χ3v) is 2.52. The third kappa shape index (κ3) is 3.68. The zero-order chi connectivity index (χ0) is 12.0. The Kier molecular flexibility index (Phi) is 5.02. The lowest BCUT2D eigenvalue weighted by Crippen LogP contribution is -2.04. The van der Waals surface area contributed by atoms with Crippen LogP contribution in [-0.4, -0.2) is 11.1 Å². The van der Waals surface area contributed by atoms with E-state index in [1.165, 1.54) is 6.92 Å². The molecular formula is C12H20N2O2. The summed E-state index contributed by atoms with van der Waals surface area (Å²) in [6.45, 7) is 5.78. The van der Waals surface area contributed by atoms with Gasteiger partial charge in [0.25, 0.3) is 0 Å². The molecule has 0 saturated carbocycles. The summed E-state index contributed by atoms with van der Waals surface area (Å²) >= 11 is 0. The van der Waals surface area contributed by atoms with E-state index in [2.05, 4.69) is 24.3 Å². The summed E-state index contributed by atoms with van der Waals surface area (Å²) in [5.41, 5.74) is 0.951. The molecule has 1 N–H and O–H groups in total. The van der Waals surface area contributed by atoms with E-state index in [0.29, 0.717) is 11.8 Å². The Bertz CT molecular complexity index is 328. The minimum Gasteiger partial charge on any atom is -0.338 e. The molecule has 0 saturated heterocycles. The number of carbonyl (C=O) groups is 1. The van der Waals surface area contributed by atoms with Crippen molar-refractivity contribution in [1.29, 1.82) is 0 Å². The van der Waals surface area contributed by atoms with Gasteiger partial charge in [-0.15, -0.1) is 0 Å². The van der Waals surface area contributed by atoms with E-state index < -0.39 is 0 Å². The van der Waals surface area contributed by atoms with Gasteiger partial charge in [0.15, 0.2) is 0 Å². The van der Waals surface area contributed by atoms with Crippen molar-refractivity contribution in [3.05, 3.63) is 11.8 Å². The van der Waals surface area contributed by atoms with E-state index in [0.717, 1.165) is 31.4 Å². The van der Waals surface area contributed by atoms with Gasteiger partial charge in [-0.2, -0.15) is 0 Å². The maximum Gasteiger partial charge on any atom is 0.231 e. The minimum absolute atomic E-state index is 0.134. The maximum absolute atomic E-state index is 10.8. The average Bonchev–Trinajstić information content (AvgIpc) is 2.65. The zero-order valence-corrected chi connectivity index (χ0v) is 10.2. The Hall–Kier alpha value is -1.32. The molecule has 0 aliphatic carbocycles. The van der Waals surface area contributed by atoms with Crippen LogP contribution >= 0.6 is 0 Å². The summed E-state index contributed by atoms with van der Waals surface area (Å²) in [7, 11) is 0. The molecular weight excluding hydrogens is 204 g/mol. The topological polar surface area (TPSA) is 55.1 Å². The van der Waals surface area contributed by atoms with Gasteiger partial charge in [-0.05, 0) is 12.8 Å². The number of aromatic nitrogens is 1. The molecule has 16 heavy (non-hydrogen) atoms. The smallest absolute Gasteiger partial charge is 0.231 e. The first-order valence-corrected chi connectivity index (χ1v) is 5.91. The summed E-state index contributed by atoms with van der Waals surface area (Å²) in [4.78, 5) is 10.8. The van der Waals surface area contributed by atoms with E-state index in [1.54, 1.807) is 0 Å². The van der Waals surface area contributed by atoms with E-state index >= 15 is 0 Å². The van der Waals surface area contributed by atoms with Gasteiger partial charge < -0.3 is 4.52 Å². The molecule has 0 fully saturated rings. The molecule has 1 rings (SSSR count). The Balaban J connectivity index is 2.68. The van der Waals surface area contributed by atoms with Crippen molar-refractivity contribution in [3.63, 3.8) is 0 Å². The van der Waals surface area contributed by atoms with E-state index in [-0.39, 0.29) is 5.91 Å². The molecule has 1 aromatic rings. The fourth-order valence-corrected chi connectivity index (χ4v) is 1.85. The highest BCUT2D eigenvalue weighted by atomic mass is 16.5. The molecule has 0 spiro atoms. The summed E-state index contributed by atoms with van der Waals surface area (Å²) in [6, 6.07) is 1.83. The highest BCUT2D eigenvalue weighted by Crippen LogP contribution is 2.27. The molecule has 1 amide bonds. The number of anilines is 1. The van der Waals surface area contributed by atoms with Crippen LogP contribution in [0.5, 0.6) is 0 Å². The van der Waals surface area contributed by atoms with Gasteiger partial charge in [0.05, 0.1) is 5.69 Å². The predicted molar refractivity (Wildman–Crippen MR) is 63.4 cm³/mol. The van der Waals surface area contributed by atoms with Gasteiger partial charge >= 0.3 is 0 Å². The number of nitrogens with one attached hydrogen (secondary N) is 1. The first-order valence-electron chi connectivity index (χ1n) is 5.91. The molecule has 0 bridgehead atoms. The Morgan fingerprint density at radius 3 is 2.56 bits per heavy atom. The lowest BCUT2D eigenvalue weighted by Gasteiger charge is -2.10. The molecule has 1 aromatic heterocycles. The van der Waals surface area contributed by atoms with Gasteiger partial charge in [0.2, 0.25) is 11.8 Å². The van der Waals surface area contributed by atoms with Crippen molar-refractivity contribution in [1.82, 2.24) is 5.16 Å². The van der Waals surface area contributed by atoms with Crippen LogP contribution in [0.15, 0.2) is 10.6 Å². The van der Waals surface area contributed by atoms with E-state index in [4.69, 9.17) is 4.52 Å². The highest BCUT2D eigenvalue weighted by Gasteiger charge is 2.15. The van der Waals surface area contributed by atoms with Crippen molar-refractivity contribution in [3.8, 4) is 0 Å². The largest absolute Gasteiger partial charge is 0.338 e. The Morgan fingerprint density at radius 2 is 2.06 bits per heavy atom. The molecule has 0 aliphatic rings. The number of hydrogen-bond donors (Lipinski definition) is 1. The third-order valence-electron chi connectivity index (χ3n) is 2.52. The Labute approximate surface area is 96.4 Å². The molecule has 4 heteroatoms. The molecule has 0 aromatic carbocycles. The molecule has 1 heterocycles. The molecule has 0 atom stereocenters. The van der Waals surface area contributed by atoms with Crippen LogP contribution < -0.4 is 5.32 Å². The highest BCUT2D eigenvalue weighted by molar-refractivity contribution is 5.87. The second kappa shape index (κ2) is 6.30. The number of amides is 1. The summed E-state index contributed by atoms with van der Waals surface area (Å²) in [5.74, 6) is 0.756. The SMILES string of the molecule is CCCC(CCC)c1cc(NC(C)=O)on1. The zero-order valence-electron chi connectivity index (χ0n) is 10.2. The normalized spacial score (nSPS) is 10.8. The van der Waals surface area contributed by atoms with Gasteiger partial charge in [-0.1, -0.05) is 31.8 Å². The summed E-state index contributed by atoms with van der Waals surface area (Å²) in [5, 5.41) is 6.61. The summed E-state index contributed by atoms with van der Waals surface area (Å²) < 4.78 is 5.07. The minimum atomic E-state index is -0.134. The monoisotopic (exact) mass is 224 g/mol. The van der Waals surface area contributed by atoms with Crippen LogP contribution in [0.1, 0.15) is 58.1 Å². The van der Waals surface area contributed by atoms with Crippen LogP contribution in [0.25, 0.3) is 0 Å². The average molecular weight is 224 g/mol. The number of rotatable bonds is 6. The standard InChI is InChI=1S/C12H20N2O2/c1-4-6-10(7-5-2)11-8-12(16-14-11)13-9(3)15/h8,10H,4-7H2,1-3H3,(H,13,15). The maximum atomic E-state index is 10.8. The van der Waals surface area contributed by atoms with Crippen molar-refractivity contribution >= 4 is 11.8 Å². The second-order valence-electron chi connectivity index (χ2n) is 4.07. The van der Waals surface area contributed by atoms with Crippen LogP contribution in [0.4, 0.5) is 5.88 Å². The number of carbonyl (C=O) groups excluding carboxylic acids is 1. The van der Waals surface area contributed by atoms with Crippen LogP contribution in [-0.2, 0) is 4.79 Å². The first kappa shape index (κ1) is 12.7. The lowest BCUT2D eigenvalue weighted by molar-refractivity contribution is -0.114. The van der Waals surface area contributed by atoms with Gasteiger partial charge in [0, 0.05) is 18.9 Å². The van der Waals surface area contributed by atoms with Crippen molar-refractivity contribution in [2.75, 3.05) is 5.32 Å². The molecule has 0 radical (unpaired) electrons. The molecule has 4 nitrogen and oxygen atoms in total. The van der Waals surface area contributed by atoms with E-state index in [9.17, 15) is 4.79 Å². The number of nitrogens with zero attached hydrogens (tertiary/aromatic N) is 1. The predicted octanol–water partition coefficient (Wildman–Crippen LogP) is 3.32. The van der Waals surface area contributed by atoms with Crippen molar-refractivity contribution in [2.24, 2.45) is 0 Å². The van der Waals surface area contributed by atoms with Gasteiger partial charge in [-0.25, -0.2) is 0 Å². The Morgan fingerprint density at radius 1 is 1.44 bits per heavy atom. The molecule has 90 valence electrons. The molecule has 0 aliphatic heterocycles. The van der Waals surface area contributed by atoms with Crippen molar-refractivity contribution in [2.45, 2.75) is 52.4 Å².